The smallest absolute Gasteiger partial charge is 0.345 e. The topological polar surface area (TPSA) is 59.4 Å². The third-order valence-corrected chi connectivity index (χ3v) is 4.47. The number of hydrogen-bond donors (Lipinski definition) is 1. The van der Waals surface area contributed by atoms with Crippen LogP contribution >= 0.6 is 23.1 Å². The number of hydrogen-bond acceptors (Lipinski definition) is 5. The molecule has 4 nitrogen and oxygen atoms in total. The molecule has 0 radical (unpaired) electrons. The standard InChI is InChI=1S/C13H13NO3S2/c1-8-3-10(17-2)4-9(14-8)6-18-11-5-12(13(15)16)19-7-11/h3-5,7H,6H2,1-2H3,(H,15,16). The van der Waals surface area contributed by atoms with Crippen molar-refractivity contribution in [3.63, 3.8) is 0 Å². The molecular formula is C13H13NO3S2. The molecule has 100 valence electrons. The van der Waals surface area contributed by atoms with Crippen molar-refractivity contribution in [3.8, 4) is 5.75 Å². The van der Waals surface area contributed by atoms with E-state index in [1.165, 1.54) is 11.3 Å². The van der Waals surface area contributed by atoms with E-state index >= 15 is 0 Å². The minimum Gasteiger partial charge on any atom is -0.497 e. The number of aromatic nitrogens is 1. The van der Waals surface area contributed by atoms with Crippen LogP contribution in [0, 0.1) is 6.92 Å². The number of thiophene rings is 1. The van der Waals surface area contributed by atoms with Crippen LogP contribution in [0.15, 0.2) is 28.5 Å². The summed E-state index contributed by atoms with van der Waals surface area (Å²) in [6.07, 6.45) is 0. The summed E-state index contributed by atoms with van der Waals surface area (Å²) in [5.41, 5.74) is 1.83. The Balaban J connectivity index is 2.05. The van der Waals surface area contributed by atoms with E-state index in [4.69, 9.17) is 9.84 Å². The van der Waals surface area contributed by atoms with Gasteiger partial charge in [-0.2, -0.15) is 0 Å². The molecule has 0 aliphatic rings. The van der Waals surface area contributed by atoms with Gasteiger partial charge in [-0.1, -0.05) is 0 Å². The van der Waals surface area contributed by atoms with Crippen molar-refractivity contribution in [2.75, 3.05) is 7.11 Å². The zero-order chi connectivity index (χ0) is 13.8. The van der Waals surface area contributed by atoms with E-state index in [0.29, 0.717) is 10.6 Å². The zero-order valence-corrected chi connectivity index (χ0v) is 12.2. The number of thioether (sulfide) groups is 1. The van der Waals surface area contributed by atoms with Gasteiger partial charge < -0.3 is 9.84 Å². The number of rotatable bonds is 5. The molecule has 2 aromatic heterocycles. The third kappa shape index (κ3) is 3.71. The van der Waals surface area contributed by atoms with Gasteiger partial charge in [0, 0.05) is 33.9 Å². The lowest BCUT2D eigenvalue weighted by Crippen LogP contribution is -1.93. The van der Waals surface area contributed by atoms with Crippen LogP contribution in [0.2, 0.25) is 0 Å². The van der Waals surface area contributed by atoms with Gasteiger partial charge in [-0.15, -0.1) is 23.1 Å². The Labute approximate surface area is 119 Å². The number of methoxy groups -OCH3 is 1. The molecule has 1 N–H and O–H groups in total. The van der Waals surface area contributed by atoms with Gasteiger partial charge in [-0.05, 0) is 13.0 Å². The van der Waals surface area contributed by atoms with Gasteiger partial charge in [0.2, 0.25) is 0 Å². The monoisotopic (exact) mass is 295 g/mol. The number of pyridine rings is 1. The minimum absolute atomic E-state index is 0.359. The number of carboxylic acids is 1. The predicted octanol–water partition coefficient (Wildman–Crippen LogP) is 3.45. The largest absolute Gasteiger partial charge is 0.497 e. The predicted molar refractivity (Wildman–Crippen MR) is 76.4 cm³/mol. The van der Waals surface area contributed by atoms with E-state index in [1.807, 2.05) is 24.4 Å². The summed E-state index contributed by atoms with van der Waals surface area (Å²) in [4.78, 5) is 16.5. The lowest BCUT2D eigenvalue weighted by Gasteiger charge is -2.05. The van der Waals surface area contributed by atoms with Crippen molar-refractivity contribution in [3.05, 3.63) is 39.8 Å². The maximum Gasteiger partial charge on any atom is 0.345 e. The molecule has 2 rings (SSSR count). The van der Waals surface area contributed by atoms with Crippen LogP contribution in [-0.4, -0.2) is 23.2 Å². The molecule has 0 spiro atoms. The number of ether oxygens (including phenoxy) is 1. The van der Waals surface area contributed by atoms with E-state index in [2.05, 4.69) is 4.98 Å². The van der Waals surface area contributed by atoms with Crippen molar-refractivity contribution in [1.82, 2.24) is 4.98 Å². The van der Waals surface area contributed by atoms with E-state index in [0.717, 1.165) is 22.0 Å². The molecule has 6 heteroatoms. The number of aromatic carboxylic acids is 1. The first-order valence-corrected chi connectivity index (χ1v) is 7.41. The van der Waals surface area contributed by atoms with Gasteiger partial charge in [0.25, 0.3) is 0 Å². The number of carboxylic acid groups (broad SMARTS) is 1. The van der Waals surface area contributed by atoms with Crippen LogP contribution in [0.3, 0.4) is 0 Å². The molecule has 0 saturated carbocycles. The maximum atomic E-state index is 10.8. The maximum absolute atomic E-state index is 10.8. The molecule has 19 heavy (non-hydrogen) atoms. The normalized spacial score (nSPS) is 10.4. The summed E-state index contributed by atoms with van der Waals surface area (Å²) >= 11 is 2.81. The van der Waals surface area contributed by atoms with Gasteiger partial charge in [0.05, 0.1) is 12.8 Å². The second-order valence-corrected chi connectivity index (χ2v) is 5.84. The fourth-order valence-electron chi connectivity index (χ4n) is 1.56. The molecule has 2 heterocycles. The van der Waals surface area contributed by atoms with Crippen molar-refractivity contribution >= 4 is 29.1 Å². The van der Waals surface area contributed by atoms with Crippen molar-refractivity contribution in [1.29, 1.82) is 0 Å². The first kappa shape index (κ1) is 13.9. The van der Waals surface area contributed by atoms with Gasteiger partial charge in [-0.3, -0.25) is 4.98 Å². The highest BCUT2D eigenvalue weighted by molar-refractivity contribution is 7.98. The highest BCUT2D eigenvalue weighted by Crippen LogP contribution is 2.28. The van der Waals surface area contributed by atoms with Crippen LogP contribution in [0.1, 0.15) is 21.1 Å². The quantitative estimate of drug-likeness (QED) is 0.856. The summed E-state index contributed by atoms with van der Waals surface area (Å²) in [6, 6.07) is 5.45. The Kier molecular flexibility index (Phi) is 4.44. The van der Waals surface area contributed by atoms with E-state index < -0.39 is 5.97 Å². The summed E-state index contributed by atoms with van der Waals surface area (Å²) in [5.74, 6) is 0.597. The highest BCUT2D eigenvalue weighted by Gasteiger charge is 2.08. The molecule has 0 atom stereocenters. The Morgan fingerprint density at radius 2 is 2.26 bits per heavy atom. The molecular weight excluding hydrogens is 282 g/mol. The van der Waals surface area contributed by atoms with Crippen LogP contribution < -0.4 is 4.74 Å². The lowest BCUT2D eigenvalue weighted by atomic mass is 10.3. The molecule has 0 unspecified atom stereocenters. The van der Waals surface area contributed by atoms with Crippen molar-refractivity contribution in [2.45, 2.75) is 17.6 Å². The number of aryl methyl sites for hydroxylation is 1. The van der Waals surface area contributed by atoms with Crippen molar-refractivity contribution in [2.24, 2.45) is 0 Å². The molecule has 0 amide bonds. The van der Waals surface area contributed by atoms with Gasteiger partial charge in [0.1, 0.15) is 10.6 Å². The Bertz CT molecular complexity index is 595. The summed E-state index contributed by atoms with van der Waals surface area (Å²) in [6.45, 7) is 1.92. The van der Waals surface area contributed by atoms with Crippen molar-refractivity contribution < 1.29 is 14.6 Å². The second kappa shape index (κ2) is 6.08. The average Bonchev–Trinajstić information content (AvgIpc) is 2.84. The van der Waals surface area contributed by atoms with Gasteiger partial charge in [0.15, 0.2) is 0 Å². The molecule has 0 aliphatic heterocycles. The summed E-state index contributed by atoms with van der Waals surface area (Å²) < 4.78 is 5.20. The fraction of sp³-hybridized carbons (Fsp3) is 0.231. The van der Waals surface area contributed by atoms with E-state index in [1.54, 1.807) is 24.9 Å². The fourth-order valence-corrected chi connectivity index (χ4v) is 3.32. The number of carbonyl (C=O) groups is 1. The number of nitrogens with zero attached hydrogens (tertiary/aromatic N) is 1. The highest BCUT2D eigenvalue weighted by atomic mass is 32.2. The molecule has 2 aromatic rings. The summed E-state index contributed by atoms with van der Waals surface area (Å²) in [5, 5.41) is 10.7. The molecule has 0 aliphatic carbocycles. The first-order chi connectivity index (χ1) is 9.08. The molecule has 0 bridgehead atoms. The second-order valence-electron chi connectivity index (χ2n) is 3.88. The third-order valence-electron chi connectivity index (χ3n) is 2.39. The van der Waals surface area contributed by atoms with Crippen LogP contribution in [0.4, 0.5) is 0 Å². The SMILES string of the molecule is COc1cc(C)nc(CSc2csc(C(=O)O)c2)c1. The van der Waals surface area contributed by atoms with Crippen LogP contribution in [-0.2, 0) is 5.75 Å². The molecule has 0 saturated heterocycles. The zero-order valence-electron chi connectivity index (χ0n) is 10.5. The van der Waals surface area contributed by atoms with E-state index in [-0.39, 0.29) is 0 Å². The van der Waals surface area contributed by atoms with Crippen LogP contribution in [0.5, 0.6) is 5.75 Å². The Morgan fingerprint density at radius 3 is 2.89 bits per heavy atom. The minimum atomic E-state index is -0.882. The first-order valence-electron chi connectivity index (χ1n) is 5.54. The van der Waals surface area contributed by atoms with Gasteiger partial charge in [-0.25, -0.2) is 4.79 Å². The lowest BCUT2D eigenvalue weighted by molar-refractivity contribution is 0.0702. The van der Waals surface area contributed by atoms with Crippen LogP contribution in [0.25, 0.3) is 0 Å². The van der Waals surface area contributed by atoms with Gasteiger partial charge >= 0.3 is 5.97 Å². The average molecular weight is 295 g/mol. The summed E-state index contributed by atoms with van der Waals surface area (Å²) in [7, 11) is 1.63. The molecule has 0 aromatic carbocycles. The Hall–Kier alpha value is -1.53. The molecule has 0 fully saturated rings. The Morgan fingerprint density at radius 1 is 1.47 bits per heavy atom. The van der Waals surface area contributed by atoms with E-state index in [9.17, 15) is 4.79 Å².